The third-order valence-corrected chi connectivity index (χ3v) is 3.24. The minimum absolute atomic E-state index is 0.197. The summed E-state index contributed by atoms with van der Waals surface area (Å²) in [7, 11) is 1.59. The topological polar surface area (TPSA) is 21.3 Å². The third-order valence-electron chi connectivity index (χ3n) is 3.24. The summed E-state index contributed by atoms with van der Waals surface area (Å²) in [5.41, 5.74) is -0.711. The van der Waals surface area contributed by atoms with Gasteiger partial charge in [-0.2, -0.15) is 13.2 Å². The largest absolute Gasteiger partial charge is 0.419 e. The first-order valence-corrected chi connectivity index (χ1v) is 6.88. The molecule has 6 heteroatoms. The number of hydrogen-bond acceptors (Lipinski definition) is 2. The predicted octanol–water partition coefficient (Wildman–Crippen LogP) is 4.17. The quantitative estimate of drug-likeness (QED) is 0.764. The van der Waals surface area contributed by atoms with Crippen molar-refractivity contribution in [1.82, 2.24) is 5.32 Å². The molecule has 0 aliphatic carbocycles. The van der Waals surface area contributed by atoms with Crippen LogP contribution in [0.5, 0.6) is 0 Å². The molecule has 0 saturated carbocycles. The molecule has 1 aromatic carbocycles. The van der Waals surface area contributed by atoms with Crippen LogP contribution in [0, 0.1) is 11.7 Å². The van der Waals surface area contributed by atoms with Crippen molar-refractivity contribution < 1.29 is 22.3 Å². The van der Waals surface area contributed by atoms with Gasteiger partial charge in [0.1, 0.15) is 5.82 Å². The molecule has 0 radical (unpaired) electrons. The van der Waals surface area contributed by atoms with Gasteiger partial charge in [-0.3, -0.25) is 0 Å². The molecular formula is C15H21F4NO. The Morgan fingerprint density at radius 3 is 2.43 bits per heavy atom. The molecule has 1 rings (SSSR count). The molecule has 0 amide bonds. The molecule has 0 spiro atoms. The van der Waals surface area contributed by atoms with Gasteiger partial charge in [0.25, 0.3) is 0 Å². The van der Waals surface area contributed by atoms with Crippen LogP contribution in [0.25, 0.3) is 0 Å². The molecule has 2 nitrogen and oxygen atoms in total. The van der Waals surface area contributed by atoms with E-state index in [9.17, 15) is 17.6 Å². The number of benzene rings is 1. The Balaban J connectivity index is 2.96. The number of hydrogen-bond donors (Lipinski definition) is 1. The number of methoxy groups -OCH3 is 1. The van der Waals surface area contributed by atoms with Gasteiger partial charge in [0.15, 0.2) is 0 Å². The van der Waals surface area contributed by atoms with E-state index in [0.29, 0.717) is 25.1 Å². The molecule has 0 fully saturated rings. The maximum Gasteiger partial charge on any atom is 0.419 e. The summed E-state index contributed by atoms with van der Waals surface area (Å²) in [5, 5.41) is 3.17. The van der Waals surface area contributed by atoms with Gasteiger partial charge in [0, 0.05) is 19.8 Å². The van der Waals surface area contributed by atoms with E-state index in [1.807, 2.05) is 13.8 Å². The van der Waals surface area contributed by atoms with E-state index in [-0.39, 0.29) is 12.0 Å². The highest BCUT2D eigenvalue weighted by Gasteiger charge is 2.34. The third kappa shape index (κ3) is 5.28. The Morgan fingerprint density at radius 2 is 1.95 bits per heavy atom. The van der Waals surface area contributed by atoms with E-state index in [0.717, 1.165) is 12.1 Å². The number of nitrogens with one attached hydrogen (secondary N) is 1. The molecule has 1 aromatic rings. The van der Waals surface area contributed by atoms with Crippen LogP contribution >= 0.6 is 0 Å². The molecule has 0 heterocycles. The molecule has 0 aromatic heterocycles. The normalized spacial score (nSPS) is 15.0. The maximum absolute atomic E-state index is 13.7. The fourth-order valence-electron chi connectivity index (χ4n) is 2.32. The molecule has 0 aliphatic heterocycles. The van der Waals surface area contributed by atoms with Gasteiger partial charge in [-0.1, -0.05) is 19.9 Å². The molecule has 120 valence electrons. The highest BCUT2D eigenvalue weighted by molar-refractivity contribution is 5.28. The second-order valence-corrected chi connectivity index (χ2v) is 5.14. The van der Waals surface area contributed by atoms with Crippen LogP contribution in [0.4, 0.5) is 17.6 Å². The monoisotopic (exact) mass is 307 g/mol. The minimum Gasteiger partial charge on any atom is -0.384 e. The number of halogens is 4. The van der Waals surface area contributed by atoms with E-state index < -0.39 is 17.6 Å². The van der Waals surface area contributed by atoms with Gasteiger partial charge in [-0.05, 0) is 36.6 Å². The van der Waals surface area contributed by atoms with Crippen LogP contribution in [0.15, 0.2) is 18.2 Å². The fourth-order valence-corrected chi connectivity index (χ4v) is 2.32. The van der Waals surface area contributed by atoms with Crippen LogP contribution in [-0.4, -0.2) is 20.3 Å². The molecule has 0 saturated heterocycles. The average molecular weight is 307 g/mol. The maximum atomic E-state index is 13.7. The van der Waals surface area contributed by atoms with Crippen molar-refractivity contribution in [2.45, 2.75) is 32.5 Å². The summed E-state index contributed by atoms with van der Waals surface area (Å²) in [6, 6.07) is 2.90. The van der Waals surface area contributed by atoms with E-state index in [2.05, 4.69) is 5.32 Å². The summed E-state index contributed by atoms with van der Waals surface area (Å²) in [5.74, 6) is -1.02. The van der Waals surface area contributed by atoms with Gasteiger partial charge < -0.3 is 10.1 Å². The van der Waals surface area contributed by atoms with E-state index in [1.54, 1.807) is 7.11 Å². The van der Waals surface area contributed by atoms with Crippen LogP contribution in [-0.2, 0) is 10.9 Å². The lowest BCUT2D eigenvalue weighted by molar-refractivity contribution is -0.140. The summed E-state index contributed by atoms with van der Waals surface area (Å²) in [6.45, 7) is 5.07. The van der Waals surface area contributed by atoms with Gasteiger partial charge >= 0.3 is 6.18 Å². The van der Waals surface area contributed by atoms with Crippen LogP contribution in [0.3, 0.4) is 0 Å². The van der Waals surface area contributed by atoms with Crippen LogP contribution < -0.4 is 5.32 Å². The zero-order valence-electron chi connectivity index (χ0n) is 12.4. The standard InChI is InChI=1S/C15H21F4NO/c1-4-20-14(7-10(2)9-21-3)11-5-6-12(13(16)8-11)15(17,18)19/h5-6,8,10,14,20H,4,7,9H2,1-3H3. The Bertz CT molecular complexity index is 448. The van der Waals surface area contributed by atoms with Crippen molar-refractivity contribution in [2.24, 2.45) is 5.92 Å². The lowest BCUT2D eigenvalue weighted by Gasteiger charge is -2.22. The first-order valence-electron chi connectivity index (χ1n) is 6.88. The van der Waals surface area contributed by atoms with Crippen molar-refractivity contribution in [3.8, 4) is 0 Å². The van der Waals surface area contributed by atoms with Crippen molar-refractivity contribution in [3.63, 3.8) is 0 Å². The SMILES string of the molecule is CCNC(CC(C)COC)c1ccc(C(F)(F)F)c(F)c1. The molecule has 1 N–H and O–H groups in total. The Kier molecular flexibility index (Phi) is 6.61. The highest BCUT2D eigenvalue weighted by atomic mass is 19.4. The molecule has 21 heavy (non-hydrogen) atoms. The van der Waals surface area contributed by atoms with Gasteiger partial charge in [-0.25, -0.2) is 4.39 Å². The second kappa shape index (κ2) is 7.75. The second-order valence-electron chi connectivity index (χ2n) is 5.14. The summed E-state index contributed by atoms with van der Waals surface area (Å²) < 4.78 is 56.4. The lowest BCUT2D eigenvalue weighted by atomic mass is 9.95. The minimum atomic E-state index is -4.67. The lowest BCUT2D eigenvalue weighted by Crippen LogP contribution is -2.24. The molecule has 2 unspecified atom stereocenters. The molecule has 0 aliphatic rings. The first-order chi connectivity index (χ1) is 9.79. The van der Waals surface area contributed by atoms with E-state index in [4.69, 9.17) is 4.74 Å². The summed E-state index contributed by atoms with van der Waals surface area (Å²) >= 11 is 0. The van der Waals surface area contributed by atoms with Gasteiger partial charge in [0.05, 0.1) is 5.56 Å². The Labute approximate surface area is 122 Å². The summed E-state index contributed by atoms with van der Waals surface area (Å²) in [6.07, 6.45) is -4.01. The van der Waals surface area contributed by atoms with Crippen molar-refractivity contribution >= 4 is 0 Å². The number of rotatable bonds is 7. The van der Waals surface area contributed by atoms with E-state index in [1.165, 1.54) is 6.07 Å². The Hall–Kier alpha value is -1.14. The Morgan fingerprint density at radius 1 is 1.29 bits per heavy atom. The predicted molar refractivity (Wildman–Crippen MR) is 73.5 cm³/mol. The fraction of sp³-hybridized carbons (Fsp3) is 0.600. The molecular weight excluding hydrogens is 286 g/mol. The summed E-state index contributed by atoms with van der Waals surface area (Å²) in [4.78, 5) is 0. The molecule has 2 atom stereocenters. The smallest absolute Gasteiger partial charge is 0.384 e. The number of ether oxygens (including phenoxy) is 1. The van der Waals surface area contributed by atoms with Crippen LogP contribution in [0.1, 0.15) is 37.4 Å². The van der Waals surface area contributed by atoms with E-state index >= 15 is 0 Å². The van der Waals surface area contributed by atoms with Crippen molar-refractivity contribution in [1.29, 1.82) is 0 Å². The van der Waals surface area contributed by atoms with Gasteiger partial charge in [-0.15, -0.1) is 0 Å². The van der Waals surface area contributed by atoms with Crippen molar-refractivity contribution in [2.75, 3.05) is 20.3 Å². The number of alkyl halides is 3. The zero-order valence-corrected chi connectivity index (χ0v) is 12.4. The van der Waals surface area contributed by atoms with Crippen LogP contribution in [0.2, 0.25) is 0 Å². The van der Waals surface area contributed by atoms with Gasteiger partial charge in [0.2, 0.25) is 0 Å². The molecule has 0 bridgehead atoms. The van der Waals surface area contributed by atoms with Crippen molar-refractivity contribution in [3.05, 3.63) is 35.1 Å². The highest BCUT2D eigenvalue weighted by Crippen LogP contribution is 2.33. The zero-order chi connectivity index (χ0) is 16.0. The first kappa shape index (κ1) is 17.9. The average Bonchev–Trinajstić information content (AvgIpc) is 2.37.